The predicted octanol–water partition coefficient (Wildman–Crippen LogP) is 6.72. The molecule has 0 heterocycles. The molecule has 0 fully saturated rings. The zero-order valence-corrected chi connectivity index (χ0v) is 17.5. The van der Waals surface area contributed by atoms with E-state index in [-0.39, 0.29) is 0 Å². The van der Waals surface area contributed by atoms with E-state index >= 15 is 0 Å². The van der Waals surface area contributed by atoms with E-state index in [0.717, 1.165) is 16.6 Å². The molecule has 0 aromatic carbocycles. The van der Waals surface area contributed by atoms with Gasteiger partial charge in [-0.15, -0.1) is 0 Å². The summed E-state index contributed by atoms with van der Waals surface area (Å²) in [7, 11) is -1.22. The standard InChI is InChI=1S/C10H23Si.C5H5.2CH3.Pt/c1-8(2)11(7,9(3)4)10(5)6;1-2-4-5-3-1;;;/h8-10H,7H2,1-6H3;1-3H,4H2;2*1H3;. The summed E-state index contributed by atoms with van der Waals surface area (Å²) in [5.41, 5.74) is 2.72. The summed E-state index contributed by atoms with van der Waals surface area (Å²) in [5, 5.41) is 5.31. The summed E-state index contributed by atoms with van der Waals surface area (Å²) in [6, 6.07) is 0. The zero-order chi connectivity index (χ0) is 14.8. The Morgan fingerprint density at radius 1 is 1.00 bits per heavy atom. The van der Waals surface area contributed by atoms with E-state index in [9.17, 15) is 0 Å². The first-order chi connectivity index (χ1) is 8.64. The van der Waals surface area contributed by atoms with Gasteiger partial charge < -0.3 is 0 Å². The second kappa shape index (κ2) is 6.44. The van der Waals surface area contributed by atoms with Crippen LogP contribution in [0.3, 0.4) is 0 Å². The first-order valence-electron chi connectivity index (χ1n) is 7.42. The Labute approximate surface area is 126 Å². The third-order valence-electron chi connectivity index (χ3n) is 4.95. The molecule has 0 saturated heterocycles. The van der Waals surface area contributed by atoms with Crippen LogP contribution >= 0.6 is 0 Å². The molecule has 0 bridgehead atoms. The molecule has 0 N–H and O–H groups in total. The van der Waals surface area contributed by atoms with Crippen LogP contribution in [0.4, 0.5) is 0 Å². The first kappa shape index (κ1) is 17.4. The molecule has 19 heavy (non-hydrogen) atoms. The van der Waals surface area contributed by atoms with Crippen LogP contribution in [-0.4, -0.2) is 8.07 Å². The van der Waals surface area contributed by atoms with Crippen molar-refractivity contribution in [1.82, 2.24) is 0 Å². The van der Waals surface area contributed by atoms with Crippen molar-refractivity contribution in [2.45, 2.75) is 79.6 Å². The van der Waals surface area contributed by atoms with E-state index in [2.05, 4.69) is 70.4 Å². The summed E-state index contributed by atoms with van der Waals surface area (Å²) in [6.07, 6.45) is 8.33. The van der Waals surface area contributed by atoms with E-state index in [1.54, 1.807) is 4.43 Å². The van der Waals surface area contributed by atoms with Crippen molar-refractivity contribution in [2.24, 2.45) is 0 Å². The molecular weight excluding hydrogens is 427 g/mol. The first-order valence-corrected chi connectivity index (χ1v) is 17.1. The van der Waals surface area contributed by atoms with Gasteiger partial charge in [-0.1, -0.05) is 0 Å². The van der Waals surface area contributed by atoms with Crippen LogP contribution < -0.4 is 0 Å². The van der Waals surface area contributed by atoms with Crippen LogP contribution in [0.2, 0.25) is 31.7 Å². The van der Waals surface area contributed by atoms with E-state index in [0.29, 0.717) is 0 Å². The second-order valence-electron chi connectivity index (χ2n) is 7.09. The monoisotopic (exact) mass is 461 g/mol. The van der Waals surface area contributed by atoms with E-state index in [1.165, 1.54) is 6.42 Å². The molecule has 2 heteroatoms. The van der Waals surface area contributed by atoms with Gasteiger partial charge in [0, 0.05) is 0 Å². The van der Waals surface area contributed by atoms with E-state index in [1.807, 2.05) is 3.96 Å². The molecule has 0 aliphatic heterocycles. The third-order valence-corrected chi connectivity index (χ3v) is 27.3. The number of hydrogen-bond acceptors (Lipinski definition) is 0. The Kier molecular flexibility index (Phi) is 5.91. The van der Waals surface area contributed by atoms with Gasteiger partial charge in [0.1, 0.15) is 0 Å². The topological polar surface area (TPSA) is 0 Å². The summed E-state index contributed by atoms with van der Waals surface area (Å²) in [4.78, 5) is 0. The van der Waals surface area contributed by atoms with Crippen molar-refractivity contribution in [3.8, 4) is 0 Å². The van der Waals surface area contributed by atoms with Crippen LogP contribution in [0, 0.1) is 0 Å². The quantitative estimate of drug-likeness (QED) is 0.385. The van der Waals surface area contributed by atoms with Crippen LogP contribution in [0.5, 0.6) is 0 Å². The number of allylic oxidation sites excluding steroid dienone is 4. The van der Waals surface area contributed by atoms with Crippen LogP contribution in [0.15, 0.2) is 22.2 Å². The molecule has 0 radical (unpaired) electrons. The van der Waals surface area contributed by atoms with Crippen LogP contribution in [0.25, 0.3) is 0 Å². The average molecular weight is 462 g/mol. The fraction of sp³-hybridized carbons (Fsp3) is 0.765. The maximum atomic E-state index is 2.65. The molecule has 1 aliphatic carbocycles. The fourth-order valence-corrected chi connectivity index (χ4v) is 32.7. The van der Waals surface area contributed by atoms with Crippen LogP contribution in [0.1, 0.15) is 48.0 Å². The van der Waals surface area contributed by atoms with Crippen LogP contribution in [-0.2, 0) is 16.1 Å². The SMILES string of the molecule is CC(C)[Si]([CH2][Pt]([CH3])([CH3])[C]1=CC=CC1)(C(C)C)C(C)C. The summed E-state index contributed by atoms with van der Waals surface area (Å²) >= 11 is -1.71. The Hall–Kier alpha value is 0.385. The minimum atomic E-state index is -1.71. The summed E-state index contributed by atoms with van der Waals surface area (Å²) < 4.78 is 3.44. The van der Waals surface area contributed by atoms with Gasteiger partial charge in [0.05, 0.1) is 0 Å². The molecule has 0 nitrogen and oxygen atoms in total. The van der Waals surface area contributed by atoms with Gasteiger partial charge >= 0.3 is 126 Å². The average Bonchev–Trinajstić information content (AvgIpc) is 2.78. The fourth-order valence-electron chi connectivity index (χ4n) is 3.67. The Morgan fingerprint density at radius 3 is 1.79 bits per heavy atom. The van der Waals surface area contributed by atoms with Crippen molar-refractivity contribution >= 4 is 8.07 Å². The molecule has 0 unspecified atom stereocenters. The normalized spacial score (nSPS) is 17.7. The van der Waals surface area contributed by atoms with Crippen molar-refractivity contribution in [2.75, 3.05) is 0 Å². The van der Waals surface area contributed by atoms with Gasteiger partial charge in [-0.3, -0.25) is 0 Å². The van der Waals surface area contributed by atoms with Crippen molar-refractivity contribution in [3.63, 3.8) is 0 Å². The van der Waals surface area contributed by atoms with E-state index in [4.69, 9.17) is 0 Å². The van der Waals surface area contributed by atoms with E-state index < -0.39 is 24.1 Å². The zero-order valence-electron chi connectivity index (χ0n) is 14.2. The number of rotatable bonds is 6. The summed E-state index contributed by atoms with van der Waals surface area (Å²) in [5.74, 6) is 0. The van der Waals surface area contributed by atoms with Crippen molar-refractivity contribution in [3.05, 3.63) is 22.2 Å². The Bertz CT molecular complexity index is 340. The molecule has 116 valence electrons. The van der Waals surface area contributed by atoms with Gasteiger partial charge in [-0.05, 0) is 0 Å². The maximum absolute atomic E-state index is 2.65. The number of hydrogen-bond donors (Lipinski definition) is 0. The molecular formula is C17H34PtSi. The summed E-state index contributed by atoms with van der Waals surface area (Å²) in [6.45, 7) is 15.0. The van der Waals surface area contributed by atoms with Crippen molar-refractivity contribution < 1.29 is 16.1 Å². The third kappa shape index (κ3) is 3.53. The molecule has 0 aromatic rings. The molecule has 1 rings (SSSR count). The van der Waals surface area contributed by atoms with Gasteiger partial charge in [0.2, 0.25) is 0 Å². The van der Waals surface area contributed by atoms with Gasteiger partial charge in [0.25, 0.3) is 0 Å². The molecule has 1 aliphatic rings. The second-order valence-corrected chi connectivity index (χ2v) is 25.4. The molecule has 0 atom stereocenters. The Balaban J connectivity index is 3.07. The van der Waals surface area contributed by atoms with Crippen molar-refractivity contribution in [1.29, 1.82) is 0 Å². The van der Waals surface area contributed by atoms with Gasteiger partial charge in [-0.2, -0.15) is 0 Å². The van der Waals surface area contributed by atoms with Gasteiger partial charge in [-0.25, -0.2) is 0 Å². The van der Waals surface area contributed by atoms with Gasteiger partial charge in [0.15, 0.2) is 0 Å². The molecule has 0 spiro atoms. The predicted molar refractivity (Wildman–Crippen MR) is 89.4 cm³/mol. The molecule has 0 saturated carbocycles. The Morgan fingerprint density at radius 2 is 1.47 bits per heavy atom. The minimum absolute atomic E-state index is 0.908. The molecule has 0 aromatic heterocycles. The molecule has 0 amide bonds.